The number of hydrogen-bond acceptors (Lipinski definition) is 6. The number of piperidine rings is 1. The van der Waals surface area contributed by atoms with Crippen molar-refractivity contribution in [2.75, 3.05) is 19.3 Å². The second kappa shape index (κ2) is 11.9. The Kier molecular flexibility index (Phi) is 9.19. The number of thiazole rings is 1. The Morgan fingerprint density at radius 3 is 2.64 bits per heavy atom. The van der Waals surface area contributed by atoms with E-state index in [0.29, 0.717) is 46.5 Å². The molecule has 2 amide bonds. The highest BCUT2D eigenvalue weighted by Crippen LogP contribution is 2.35. The van der Waals surface area contributed by atoms with Gasteiger partial charge in [0.05, 0.1) is 15.1 Å². The van der Waals surface area contributed by atoms with Crippen molar-refractivity contribution in [3.05, 3.63) is 50.4 Å². The number of aliphatic carboxylic acids is 1. The predicted molar refractivity (Wildman–Crippen MR) is 132 cm³/mol. The van der Waals surface area contributed by atoms with Crippen molar-refractivity contribution in [2.45, 2.75) is 30.2 Å². The molecule has 0 bridgehead atoms. The molecule has 0 aliphatic carbocycles. The molecule has 1 aromatic heterocycles. The third kappa shape index (κ3) is 6.72. The summed E-state index contributed by atoms with van der Waals surface area (Å²) in [5, 5.41) is 15.3. The fraction of sp³-hybridized carbons (Fsp3) is 0.364. The Bertz CT molecular complexity index is 1040. The smallest absolute Gasteiger partial charge is 0.326 e. The lowest BCUT2D eigenvalue weighted by Crippen LogP contribution is -2.48. The number of carboxylic acid groups (broad SMARTS) is 1. The van der Waals surface area contributed by atoms with E-state index < -0.39 is 12.0 Å². The number of nitrogens with one attached hydrogen (secondary N) is 1. The fourth-order valence-corrected chi connectivity index (χ4v) is 5.32. The van der Waals surface area contributed by atoms with Crippen LogP contribution in [-0.2, 0) is 20.8 Å². The number of nitrogens with zero attached hydrogens (tertiary/aromatic N) is 2. The lowest BCUT2D eigenvalue weighted by Gasteiger charge is -2.31. The zero-order valence-corrected chi connectivity index (χ0v) is 20.9. The van der Waals surface area contributed by atoms with E-state index in [1.165, 1.54) is 29.2 Å². The highest BCUT2D eigenvalue weighted by Gasteiger charge is 2.30. The van der Waals surface area contributed by atoms with Gasteiger partial charge in [-0.1, -0.05) is 29.3 Å². The number of benzene rings is 1. The van der Waals surface area contributed by atoms with Gasteiger partial charge in [-0.05, 0) is 36.8 Å². The number of thioether (sulfide) groups is 1. The number of rotatable bonds is 8. The summed E-state index contributed by atoms with van der Waals surface area (Å²) in [6.07, 6.45) is 7.66. The largest absolute Gasteiger partial charge is 0.480 e. The van der Waals surface area contributed by atoms with Gasteiger partial charge < -0.3 is 15.3 Å². The lowest BCUT2D eigenvalue weighted by atomic mass is 9.95. The summed E-state index contributed by atoms with van der Waals surface area (Å²) in [6, 6.07) is 2.64. The minimum atomic E-state index is -1.10. The molecule has 1 aliphatic rings. The van der Waals surface area contributed by atoms with E-state index in [2.05, 4.69) is 10.3 Å². The van der Waals surface area contributed by atoms with E-state index >= 15 is 0 Å². The van der Waals surface area contributed by atoms with Gasteiger partial charge in [-0.2, -0.15) is 0 Å². The number of carboxylic acids is 1. The average molecular weight is 528 g/mol. The minimum absolute atomic E-state index is 0.144. The molecule has 0 radical (unpaired) electrons. The molecule has 2 aromatic rings. The van der Waals surface area contributed by atoms with Crippen molar-refractivity contribution < 1.29 is 19.5 Å². The first-order chi connectivity index (χ1) is 15.8. The van der Waals surface area contributed by atoms with Crippen LogP contribution in [0.25, 0.3) is 6.08 Å². The third-order valence-electron chi connectivity index (χ3n) is 5.36. The highest BCUT2D eigenvalue weighted by molar-refractivity contribution is 7.98. The molecule has 0 spiro atoms. The normalized spacial score (nSPS) is 15.5. The number of carbonyl (C=O) groups is 3. The van der Waals surface area contributed by atoms with Crippen LogP contribution in [0.15, 0.2) is 34.7 Å². The van der Waals surface area contributed by atoms with Gasteiger partial charge in [0.25, 0.3) is 0 Å². The molecule has 1 fully saturated rings. The SMILES string of the molecule is CSc1ccc(C=CC(=O)N2CCC(C(=O)NC(Cc3nccs3)C(=O)O)CC2)c(Cl)c1Cl. The van der Waals surface area contributed by atoms with E-state index in [4.69, 9.17) is 23.2 Å². The Labute approximate surface area is 210 Å². The number of aromatic nitrogens is 1. The molecule has 1 saturated heterocycles. The maximum Gasteiger partial charge on any atom is 0.326 e. The molecule has 0 saturated carbocycles. The first-order valence-corrected chi connectivity index (χ1v) is 13.1. The number of likely N-dealkylation sites (tertiary alicyclic amines) is 1. The van der Waals surface area contributed by atoms with Crippen LogP contribution >= 0.6 is 46.3 Å². The summed E-state index contributed by atoms with van der Waals surface area (Å²) in [6.45, 7) is 0.816. The Balaban J connectivity index is 1.53. The molecule has 11 heteroatoms. The van der Waals surface area contributed by atoms with Gasteiger partial charge in [0.1, 0.15) is 6.04 Å². The standard InChI is InChI=1S/C22H23Cl2N3O4S2/c1-32-16-4-2-13(19(23)20(16)24)3-5-18(28)27-9-6-14(7-10-27)21(29)26-15(22(30)31)12-17-25-8-11-33-17/h2-5,8,11,14-15H,6-7,9-10,12H2,1H3,(H,26,29)(H,30,31). The summed E-state index contributed by atoms with van der Waals surface area (Å²) >= 11 is 15.4. The summed E-state index contributed by atoms with van der Waals surface area (Å²) in [5.41, 5.74) is 0.655. The Hall–Kier alpha value is -2.07. The Morgan fingerprint density at radius 2 is 2.03 bits per heavy atom. The highest BCUT2D eigenvalue weighted by atomic mass is 35.5. The third-order valence-corrected chi connectivity index (χ3v) is 7.95. The molecule has 33 heavy (non-hydrogen) atoms. The second-order valence-electron chi connectivity index (χ2n) is 7.45. The van der Waals surface area contributed by atoms with Crippen LogP contribution in [0.4, 0.5) is 0 Å². The molecule has 7 nitrogen and oxygen atoms in total. The number of carbonyl (C=O) groups excluding carboxylic acids is 2. The van der Waals surface area contributed by atoms with Crippen LogP contribution in [0.5, 0.6) is 0 Å². The molecule has 1 aliphatic heterocycles. The van der Waals surface area contributed by atoms with Crippen molar-refractivity contribution in [3.63, 3.8) is 0 Å². The van der Waals surface area contributed by atoms with Crippen molar-refractivity contribution in [1.82, 2.24) is 15.2 Å². The van der Waals surface area contributed by atoms with Gasteiger partial charge >= 0.3 is 5.97 Å². The topological polar surface area (TPSA) is 99.6 Å². The molecule has 176 valence electrons. The zero-order chi connectivity index (χ0) is 24.0. The van der Waals surface area contributed by atoms with Gasteiger partial charge in [0, 0.05) is 48.0 Å². The van der Waals surface area contributed by atoms with Gasteiger partial charge in [0.2, 0.25) is 11.8 Å². The molecule has 1 unspecified atom stereocenters. The maximum atomic E-state index is 12.6. The molecule has 1 atom stereocenters. The molecule has 2 N–H and O–H groups in total. The van der Waals surface area contributed by atoms with Crippen molar-refractivity contribution >= 4 is 70.2 Å². The zero-order valence-electron chi connectivity index (χ0n) is 17.8. The predicted octanol–water partition coefficient (Wildman–Crippen LogP) is 4.24. The molecular formula is C22H23Cl2N3O4S2. The van der Waals surface area contributed by atoms with Gasteiger partial charge in [-0.15, -0.1) is 23.1 Å². The fourth-order valence-electron chi connectivity index (χ4n) is 3.48. The molecule has 1 aromatic carbocycles. The summed E-state index contributed by atoms with van der Waals surface area (Å²) < 4.78 is 0. The van der Waals surface area contributed by atoms with Crippen LogP contribution in [0.1, 0.15) is 23.4 Å². The van der Waals surface area contributed by atoms with Crippen molar-refractivity contribution in [2.24, 2.45) is 5.92 Å². The quantitative estimate of drug-likeness (QED) is 0.393. The van der Waals surface area contributed by atoms with Gasteiger partial charge in [-0.25, -0.2) is 9.78 Å². The number of halogens is 2. The van der Waals surface area contributed by atoms with E-state index in [0.717, 1.165) is 4.90 Å². The van der Waals surface area contributed by atoms with E-state index in [-0.39, 0.29) is 24.2 Å². The molecule has 3 rings (SSSR count). The first kappa shape index (κ1) is 25.6. The van der Waals surface area contributed by atoms with Crippen LogP contribution in [-0.4, -0.2) is 58.2 Å². The summed E-state index contributed by atoms with van der Waals surface area (Å²) in [7, 11) is 0. The molecular weight excluding hydrogens is 505 g/mol. The molecule has 2 heterocycles. The van der Waals surface area contributed by atoms with E-state index in [1.54, 1.807) is 22.6 Å². The summed E-state index contributed by atoms with van der Waals surface area (Å²) in [4.78, 5) is 43.3. The van der Waals surface area contributed by atoms with Crippen LogP contribution < -0.4 is 5.32 Å². The van der Waals surface area contributed by atoms with E-state index in [9.17, 15) is 19.5 Å². The maximum absolute atomic E-state index is 12.6. The van der Waals surface area contributed by atoms with Gasteiger partial charge in [-0.3, -0.25) is 9.59 Å². The number of amides is 2. The van der Waals surface area contributed by atoms with Crippen LogP contribution in [0.3, 0.4) is 0 Å². The van der Waals surface area contributed by atoms with Crippen molar-refractivity contribution in [3.8, 4) is 0 Å². The first-order valence-electron chi connectivity index (χ1n) is 10.2. The van der Waals surface area contributed by atoms with Crippen molar-refractivity contribution in [1.29, 1.82) is 0 Å². The number of hydrogen-bond donors (Lipinski definition) is 2. The van der Waals surface area contributed by atoms with Crippen LogP contribution in [0, 0.1) is 5.92 Å². The minimum Gasteiger partial charge on any atom is -0.480 e. The Morgan fingerprint density at radius 1 is 1.30 bits per heavy atom. The van der Waals surface area contributed by atoms with Gasteiger partial charge in [0.15, 0.2) is 0 Å². The monoisotopic (exact) mass is 527 g/mol. The second-order valence-corrected chi connectivity index (χ2v) is 10.0. The lowest BCUT2D eigenvalue weighted by molar-refractivity contribution is -0.142. The average Bonchev–Trinajstić information content (AvgIpc) is 3.32. The van der Waals surface area contributed by atoms with E-state index in [1.807, 2.05) is 18.4 Å². The summed E-state index contributed by atoms with van der Waals surface area (Å²) in [5.74, 6) is -1.93. The van der Waals surface area contributed by atoms with Crippen LogP contribution in [0.2, 0.25) is 10.0 Å².